The van der Waals surface area contributed by atoms with Gasteiger partial charge >= 0.3 is 12.1 Å². The zero-order chi connectivity index (χ0) is 24.2. The number of carbonyl (C=O) groups excluding carboxylic acids is 1. The molecule has 0 radical (unpaired) electrons. The Labute approximate surface area is 192 Å². The molecule has 1 unspecified atom stereocenters. The van der Waals surface area contributed by atoms with Crippen LogP contribution in [0.2, 0.25) is 0 Å². The van der Waals surface area contributed by atoms with E-state index in [4.69, 9.17) is 4.74 Å². The first-order valence-corrected chi connectivity index (χ1v) is 11.0. The average molecular weight is 476 g/mol. The van der Waals surface area contributed by atoms with Crippen LogP contribution in [0.25, 0.3) is 0 Å². The number of ether oxygens (including phenoxy) is 1. The number of thioether (sulfide) groups is 1. The monoisotopic (exact) mass is 476 g/mol. The van der Waals surface area contributed by atoms with E-state index in [0.717, 1.165) is 17.8 Å². The molecule has 1 aliphatic heterocycles. The molecule has 0 saturated carbocycles. The van der Waals surface area contributed by atoms with Gasteiger partial charge < -0.3 is 10.1 Å². The predicted molar refractivity (Wildman–Crippen MR) is 116 cm³/mol. The van der Waals surface area contributed by atoms with Crippen molar-refractivity contribution >= 4 is 17.7 Å². The summed E-state index contributed by atoms with van der Waals surface area (Å²) < 4.78 is 60.8. The van der Waals surface area contributed by atoms with Crippen molar-refractivity contribution in [1.82, 2.24) is 5.32 Å². The number of hydrogen-bond acceptors (Lipinski definition) is 5. The zero-order valence-corrected chi connectivity index (χ0v) is 18.6. The number of nitriles is 1. The molecule has 0 saturated heterocycles. The molecule has 1 N–H and O–H groups in total. The third-order valence-corrected chi connectivity index (χ3v) is 6.12. The lowest BCUT2D eigenvalue weighted by atomic mass is 9.79. The van der Waals surface area contributed by atoms with E-state index in [0.29, 0.717) is 10.6 Å². The molecule has 2 aromatic carbocycles. The number of halogens is 4. The van der Waals surface area contributed by atoms with Crippen molar-refractivity contribution in [2.45, 2.75) is 30.8 Å². The second kappa shape index (κ2) is 10.1. The highest BCUT2D eigenvalue weighted by Crippen LogP contribution is 2.44. The number of benzene rings is 2. The molecule has 0 bridgehead atoms. The molecule has 172 valence electrons. The van der Waals surface area contributed by atoms with Crippen LogP contribution in [0.4, 0.5) is 17.6 Å². The van der Waals surface area contributed by atoms with Gasteiger partial charge in [-0.05, 0) is 37.6 Å². The number of esters is 1. The van der Waals surface area contributed by atoms with Crippen molar-refractivity contribution in [2.24, 2.45) is 0 Å². The third kappa shape index (κ3) is 5.22. The van der Waals surface area contributed by atoms with Gasteiger partial charge in [0, 0.05) is 22.0 Å². The van der Waals surface area contributed by atoms with Crippen molar-refractivity contribution in [1.29, 1.82) is 5.26 Å². The van der Waals surface area contributed by atoms with Gasteiger partial charge in [-0.3, -0.25) is 0 Å². The summed E-state index contributed by atoms with van der Waals surface area (Å²) in [6.45, 7) is 3.12. The Morgan fingerprint density at radius 2 is 1.85 bits per heavy atom. The first-order valence-electron chi connectivity index (χ1n) is 10.0. The highest BCUT2D eigenvalue weighted by molar-refractivity contribution is 7.99. The summed E-state index contributed by atoms with van der Waals surface area (Å²) in [6.07, 6.45) is -4.70. The first kappa shape index (κ1) is 24.4. The minimum absolute atomic E-state index is 0.00566. The topological polar surface area (TPSA) is 62.1 Å². The van der Waals surface area contributed by atoms with Gasteiger partial charge in [0.25, 0.3) is 0 Å². The van der Waals surface area contributed by atoms with E-state index in [1.165, 1.54) is 30.3 Å². The first-order chi connectivity index (χ1) is 15.7. The van der Waals surface area contributed by atoms with E-state index >= 15 is 0 Å². The van der Waals surface area contributed by atoms with E-state index in [-0.39, 0.29) is 34.8 Å². The summed E-state index contributed by atoms with van der Waals surface area (Å²) in [5.74, 6) is -2.53. The Kier molecular flexibility index (Phi) is 7.49. The summed E-state index contributed by atoms with van der Waals surface area (Å²) in [4.78, 5) is 13.3. The Balaban J connectivity index is 2.19. The number of dihydropyridines is 1. The minimum atomic E-state index is -4.70. The van der Waals surface area contributed by atoms with Gasteiger partial charge in [-0.15, -0.1) is 11.8 Å². The Morgan fingerprint density at radius 1 is 1.18 bits per heavy atom. The number of nitrogens with zero attached hydrogens (tertiary/aromatic N) is 1. The van der Waals surface area contributed by atoms with Crippen molar-refractivity contribution in [3.05, 3.63) is 88.0 Å². The normalized spacial score (nSPS) is 16.3. The summed E-state index contributed by atoms with van der Waals surface area (Å²) >= 11 is 1.08. The maximum absolute atomic E-state index is 14.1. The van der Waals surface area contributed by atoms with Crippen LogP contribution >= 0.6 is 11.8 Å². The van der Waals surface area contributed by atoms with Crippen molar-refractivity contribution in [2.75, 3.05) is 12.4 Å². The van der Waals surface area contributed by atoms with Gasteiger partial charge in [0.15, 0.2) is 0 Å². The fourth-order valence-corrected chi connectivity index (χ4v) is 4.55. The highest BCUT2D eigenvalue weighted by atomic mass is 32.2. The fraction of sp³-hybridized carbons (Fsp3) is 0.250. The van der Waals surface area contributed by atoms with E-state index in [9.17, 15) is 27.6 Å². The van der Waals surface area contributed by atoms with Crippen LogP contribution in [0.1, 0.15) is 30.9 Å². The van der Waals surface area contributed by atoms with Crippen LogP contribution in [0.5, 0.6) is 0 Å². The van der Waals surface area contributed by atoms with Crippen molar-refractivity contribution in [3.63, 3.8) is 0 Å². The maximum atomic E-state index is 14.1. The molecule has 0 amide bonds. The summed E-state index contributed by atoms with van der Waals surface area (Å²) in [5.41, 5.74) is -0.704. The van der Waals surface area contributed by atoms with Gasteiger partial charge in [0.05, 0.1) is 35.3 Å². The Bertz CT molecular complexity index is 1170. The minimum Gasteiger partial charge on any atom is -0.463 e. The molecule has 1 aliphatic rings. The maximum Gasteiger partial charge on any atom is 0.416 e. The summed E-state index contributed by atoms with van der Waals surface area (Å²) in [7, 11) is 0. The van der Waals surface area contributed by atoms with E-state index in [1.807, 2.05) is 6.07 Å². The van der Waals surface area contributed by atoms with Crippen LogP contribution in [0.15, 0.2) is 76.0 Å². The van der Waals surface area contributed by atoms with Crippen molar-refractivity contribution in [3.8, 4) is 6.07 Å². The average Bonchev–Trinajstić information content (AvgIpc) is 2.77. The molecule has 0 aliphatic carbocycles. The van der Waals surface area contributed by atoms with E-state index in [1.54, 1.807) is 26.0 Å². The quantitative estimate of drug-likeness (QED) is 0.318. The van der Waals surface area contributed by atoms with Crippen LogP contribution in [-0.4, -0.2) is 18.3 Å². The van der Waals surface area contributed by atoms with Crippen molar-refractivity contribution < 1.29 is 27.1 Å². The number of hydrogen-bond donors (Lipinski definition) is 1. The number of rotatable bonds is 6. The molecule has 0 fully saturated rings. The number of carbonyl (C=O) groups is 1. The van der Waals surface area contributed by atoms with Crippen LogP contribution in [-0.2, 0) is 15.7 Å². The molecule has 3 rings (SSSR count). The lowest BCUT2D eigenvalue weighted by Gasteiger charge is -2.31. The highest BCUT2D eigenvalue weighted by Gasteiger charge is 2.41. The number of alkyl halides is 3. The third-order valence-electron chi connectivity index (χ3n) is 5.05. The standard InChI is InChI=1S/C24H20F4N2O2S/c1-3-32-23(31)22-19(13-33-20-11-7-6-10-18(20)25)30-14(2)16(12-29)21(22)15-8-4-5-9-17(15)24(26,27)28/h4-11,21,30H,3,13H2,1-2H3. The second-order valence-corrected chi connectivity index (χ2v) is 8.14. The van der Waals surface area contributed by atoms with E-state index < -0.39 is 29.4 Å². The molecule has 33 heavy (non-hydrogen) atoms. The fourth-order valence-electron chi connectivity index (χ4n) is 3.64. The van der Waals surface area contributed by atoms with Gasteiger partial charge in [-0.25, -0.2) is 9.18 Å². The van der Waals surface area contributed by atoms with Crippen LogP contribution in [0.3, 0.4) is 0 Å². The molecule has 4 nitrogen and oxygen atoms in total. The number of nitrogens with one attached hydrogen (secondary N) is 1. The molecule has 1 heterocycles. The van der Waals surface area contributed by atoms with Gasteiger partial charge in [0.1, 0.15) is 5.82 Å². The van der Waals surface area contributed by atoms with Crippen LogP contribution < -0.4 is 5.32 Å². The second-order valence-electron chi connectivity index (χ2n) is 7.13. The molecule has 9 heteroatoms. The zero-order valence-electron chi connectivity index (χ0n) is 17.8. The molecular weight excluding hydrogens is 456 g/mol. The lowest BCUT2D eigenvalue weighted by Crippen LogP contribution is -2.31. The molecule has 1 atom stereocenters. The molecular formula is C24H20F4N2O2S. The molecule has 2 aromatic rings. The van der Waals surface area contributed by atoms with Gasteiger partial charge in [-0.1, -0.05) is 30.3 Å². The lowest BCUT2D eigenvalue weighted by molar-refractivity contribution is -0.140. The smallest absolute Gasteiger partial charge is 0.416 e. The largest absolute Gasteiger partial charge is 0.463 e. The van der Waals surface area contributed by atoms with E-state index in [2.05, 4.69) is 5.32 Å². The Hall–Kier alpha value is -3.25. The van der Waals surface area contributed by atoms with Gasteiger partial charge in [0.2, 0.25) is 0 Å². The number of allylic oxidation sites excluding steroid dienone is 2. The SMILES string of the molecule is CCOC(=O)C1=C(CSc2ccccc2F)NC(C)=C(C#N)C1c1ccccc1C(F)(F)F. The van der Waals surface area contributed by atoms with Gasteiger partial charge in [-0.2, -0.15) is 18.4 Å². The predicted octanol–water partition coefficient (Wildman–Crippen LogP) is 5.94. The molecule has 0 aromatic heterocycles. The summed E-state index contributed by atoms with van der Waals surface area (Å²) in [5, 5.41) is 12.8. The summed E-state index contributed by atoms with van der Waals surface area (Å²) in [6, 6.07) is 12.8. The molecule has 0 spiro atoms. The Morgan fingerprint density at radius 3 is 2.48 bits per heavy atom. The van der Waals surface area contributed by atoms with Crippen LogP contribution in [0, 0.1) is 17.1 Å².